The van der Waals surface area contributed by atoms with E-state index >= 15 is 0 Å². The van der Waals surface area contributed by atoms with Crippen molar-refractivity contribution in [1.29, 1.82) is 0 Å². The Morgan fingerprint density at radius 1 is 1.04 bits per heavy atom. The number of hydrogen-bond acceptors (Lipinski definition) is 3. The molecule has 0 heterocycles. The smallest absolute Gasteiger partial charge is 0.255 e. The lowest BCUT2D eigenvalue weighted by Gasteiger charge is -2.12. The maximum atomic E-state index is 12.3. The molecule has 0 atom stereocenters. The molecule has 2 rings (SSSR count). The number of nitrogens with two attached hydrogens (primary N) is 1. The van der Waals surface area contributed by atoms with Gasteiger partial charge >= 0.3 is 0 Å². The highest BCUT2D eigenvalue weighted by Gasteiger charge is 2.09. The molecule has 2 aromatic carbocycles. The first-order valence-electron chi connectivity index (χ1n) is 7.73. The number of hydrogen-bond donors (Lipinski definition) is 2. The van der Waals surface area contributed by atoms with Crippen LogP contribution in [0.4, 0.5) is 0 Å². The molecule has 2 aromatic rings. The van der Waals surface area contributed by atoms with Crippen LogP contribution in [-0.4, -0.2) is 18.4 Å². The lowest BCUT2D eigenvalue weighted by atomic mass is 10.00. The van der Waals surface area contributed by atoms with Crippen molar-refractivity contribution in [3.05, 3.63) is 64.2 Å². The number of ether oxygens (including phenoxy) is 1. The van der Waals surface area contributed by atoms with Crippen LogP contribution in [0.15, 0.2) is 36.4 Å². The van der Waals surface area contributed by atoms with E-state index in [1.165, 1.54) is 16.7 Å². The lowest BCUT2D eigenvalue weighted by molar-refractivity contribution is -0.119. The second-order valence-electron chi connectivity index (χ2n) is 5.84. The van der Waals surface area contributed by atoms with Gasteiger partial charge in [0.15, 0.2) is 6.61 Å². The topological polar surface area (TPSA) is 81.4 Å². The molecule has 0 spiro atoms. The Morgan fingerprint density at radius 2 is 1.62 bits per heavy atom. The molecule has 0 saturated heterocycles. The third-order valence-electron chi connectivity index (χ3n) is 3.76. The van der Waals surface area contributed by atoms with Gasteiger partial charge in [0.05, 0.1) is 0 Å². The molecule has 24 heavy (non-hydrogen) atoms. The van der Waals surface area contributed by atoms with Crippen molar-refractivity contribution in [2.45, 2.75) is 27.3 Å². The summed E-state index contributed by atoms with van der Waals surface area (Å²) in [6.07, 6.45) is 0. The van der Waals surface area contributed by atoms with Crippen LogP contribution in [0.2, 0.25) is 0 Å². The molecule has 0 aliphatic rings. The number of carbonyl (C=O) groups excluding carboxylic acids is 2. The van der Waals surface area contributed by atoms with Gasteiger partial charge in [-0.1, -0.05) is 17.7 Å². The Bertz CT molecular complexity index is 729. The van der Waals surface area contributed by atoms with E-state index in [4.69, 9.17) is 10.5 Å². The van der Waals surface area contributed by atoms with Gasteiger partial charge in [-0.25, -0.2) is 0 Å². The monoisotopic (exact) mass is 326 g/mol. The fraction of sp³-hybridized carbons (Fsp3) is 0.263. The van der Waals surface area contributed by atoms with Crippen molar-refractivity contribution < 1.29 is 14.3 Å². The highest BCUT2D eigenvalue weighted by Crippen LogP contribution is 2.17. The number of primary amides is 1. The molecule has 0 aliphatic carbocycles. The van der Waals surface area contributed by atoms with E-state index in [0.717, 1.165) is 5.56 Å². The fourth-order valence-corrected chi connectivity index (χ4v) is 2.62. The number of rotatable bonds is 6. The predicted octanol–water partition coefficient (Wildman–Crippen LogP) is 2.41. The van der Waals surface area contributed by atoms with Crippen LogP contribution < -0.4 is 15.8 Å². The van der Waals surface area contributed by atoms with Gasteiger partial charge < -0.3 is 15.8 Å². The normalized spacial score (nSPS) is 10.3. The summed E-state index contributed by atoms with van der Waals surface area (Å²) < 4.78 is 5.17. The van der Waals surface area contributed by atoms with Crippen LogP contribution in [-0.2, 0) is 11.3 Å². The van der Waals surface area contributed by atoms with Gasteiger partial charge in [0.25, 0.3) is 11.8 Å². The SMILES string of the molecule is Cc1cc(C)c(CNC(=O)c2ccc(OCC(N)=O)cc2)c(C)c1. The summed E-state index contributed by atoms with van der Waals surface area (Å²) in [6.45, 7) is 6.46. The van der Waals surface area contributed by atoms with Gasteiger partial charge in [-0.05, 0) is 61.7 Å². The number of nitrogens with one attached hydrogen (secondary N) is 1. The summed E-state index contributed by atoms with van der Waals surface area (Å²) in [4.78, 5) is 22.9. The Morgan fingerprint density at radius 3 is 2.17 bits per heavy atom. The summed E-state index contributed by atoms with van der Waals surface area (Å²) in [6, 6.07) is 10.8. The van der Waals surface area contributed by atoms with Crippen LogP contribution in [0.5, 0.6) is 5.75 Å². The van der Waals surface area contributed by atoms with Crippen LogP contribution in [0.1, 0.15) is 32.6 Å². The largest absolute Gasteiger partial charge is 0.484 e. The molecular formula is C19H22N2O3. The summed E-state index contributed by atoms with van der Waals surface area (Å²) in [7, 11) is 0. The van der Waals surface area contributed by atoms with Crippen molar-refractivity contribution >= 4 is 11.8 Å². The van der Waals surface area contributed by atoms with Crippen LogP contribution >= 0.6 is 0 Å². The summed E-state index contributed by atoms with van der Waals surface area (Å²) in [5.41, 5.74) is 10.2. The Balaban J connectivity index is 1.99. The zero-order valence-electron chi connectivity index (χ0n) is 14.2. The van der Waals surface area contributed by atoms with Crippen molar-refractivity contribution in [3.8, 4) is 5.75 Å². The van der Waals surface area contributed by atoms with Gasteiger partial charge in [0.1, 0.15) is 5.75 Å². The molecular weight excluding hydrogens is 304 g/mol. The second-order valence-corrected chi connectivity index (χ2v) is 5.84. The van der Waals surface area contributed by atoms with Crippen molar-refractivity contribution in [2.75, 3.05) is 6.61 Å². The molecule has 2 amide bonds. The zero-order valence-corrected chi connectivity index (χ0v) is 14.2. The lowest BCUT2D eigenvalue weighted by Crippen LogP contribution is -2.23. The molecule has 0 unspecified atom stereocenters. The molecule has 5 heteroatoms. The zero-order chi connectivity index (χ0) is 17.7. The molecule has 0 fully saturated rings. The van der Waals surface area contributed by atoms with Crippen molar-refractivity contribution in [3.63, 3.8) is 0 Å². The molecule has 0 bridgehead atoms. The average Bonchev–Trinajstić information content (AvgIpc) is 2.52. The van der Waals surface area contributed by atoms with E-state index in [1.807, 2.05) is 13.8 Å². The minimum absolute atomic E-state index is 0.157. The van der Waals surface area contributed by atoms with Crippen molar-refractivity contribution in [2.24, 2.45) is 5.73 Å². The molecule has 3 N–H and O–H groups in total. The summed E-state index contributed by atoms with van der Waals surface area (Å²) in [5, 5.41) is 2.93. The van der Waals surface area contributed by atoms with E-state index < -0.39 is 5.91 Å². The third kappa shape index (κ3) is 4.59. The van der Waals surface area contributed by atoms with Gasteiger partial charge in [-0.3, -0.25) is 9.59 Å². The van der Waals surface area contributed by atoms with Gasteiger partial charge in [-0.15, -0.1) is 0 Å². The second kappa shape index (κ2) is 7.64. The molecule has 5 nitrogen and oxygen atoms in total. The molecule has 0 aromatic heterocycles. The van der Waals surface area contributed by atoms with Crippen LogP contribution in [0.3, 0.4) is 0 Å². The minimum Gasteiger partial charge on any atom is -0.484 e. The van der Waals surface area contributed by atoms with E-state index in [2.05, 4.69) is 24.4 Å². The number of carbonyl (C=O) groups is 2. The minimum atomic E-state index is -0.541. The Kier molecular flexibility index (Phi) is 5.58. The van der Waals surface area contributed by atoms with E-state index in [-0.39, 0.29) is 12.5 Å². The van der Waals surface area contributed by atoms with Crippen LogP contribution in [0.25, 0.3) is 0 Å². The number of amides is 2. The summed E-state index contributed by atoms with van der Waals surface area (Å²) in [5.74, 6) is -0.202. The average molecular weight is 326 g/mol. The third-order valence-corrected chi connectivity index (χ3v) is 3.76. The maximum Gasteiger partial charge on any atom is 0.255 e. The molecule has 126 valence electrons. The summed E-state index contributed by atoms with van der Waals surface area (Å²) >= 11 is 0. The quantitative estimate of drug-likeness (QED) is 0.855. The Hall–Kier alpha value is -2.82. The molecule has 0 aliphatic heterocycles. The van der Waals surface area contributed by atoms with E-state index in [9.17, 15) is 9.59 Å². The van der Waals surface area contributed by atoms with Gasteiger partial charge in [0.2, 0.25) is 0 Å². The highest BCUT2D eigenvalue weighted by molar-refractivity contribution is 5.94. The molecule has 0 radical (unpaired) electrons. The standard InChI is InChI=1S/C19H22N2O3/c1-12-8-13(2)17(14(3)9-12)10-21-19(23)15-4-6-16(7-5-15)24-11-18(20)22/h4-9H,10-11H2,1-3H3,(H2,20,22)(H,21,23). The first-order valence-corrected chi connectivity index (χ1v) is 7.73. The number of aryl methyl sites for hydroxylation is 3. The van der Waals surface area contributed by atoms with Crippen molar-refractivity contribution in [1.82, 2.24) is 5.32 Å². The Labute approximate surface area is 141 Å². The first-order chi connectivity index (χ1) is 11.4. The van der Waals surface area contributed by atoms with Gasteiger partial charge in [-0.2, -0.15) is 0 Å². The van der Waals surface area contributed by atoms with E-state index in [0.29, 0.717) is 17.9 Å². The van der Waals surface area contributed by atoms with Crippen LogP contribution in [0, 0.1) is 20.8 Å². The predicted molar refractivity (Wildman–Crippen MR) is 93.0 cm³/mol. The van der Waals surface area contributed by atoms with E-state index in [1.54, 1.807) is 24.3 Å². The molecule has 0 saturated carbocycles. The first kappa shape index (κ1) is 17.5. The number of benzene rings is 2. The highest BCUT2D eigenvalue weighted by atomic mass is 16.5. The fourth-order valence-electron chi connectivity index (χ4n) is 2.62. The maximum absolute atomic E-state index is 12.3. The van der Waals surface area contributed by atoms with Gasteiger partial charge in [0, 0.05) is 12.1 Å².